The Kier molecular flexibility index (Phi) is 18.6. The van der Waals surface area contributed by atoms with E-state index in [1.165, 1.54) is 12.0 Å². The minimum atomic E-state index is -1.47. The largest absolute Gasteiger partial charge is 0.469 e. The monoisotopic (exact) mass is 842 g/mol. The van der Waals surface area contributed by atoms with Crippen LogP contribution in [0, 0.1) is 12.8 Å². The first kappa shape index (κ1) is 47.3. The lowest BCUT2D eigenvalue weighted by atomic mass is 10.0. The van der Waals surface area contributed by atoms with E-state index in [9.17, 15) is 33.6 Å². The van der Waals surface area contributed by atoms with Crippen molar-refractivity contribution in [3.8, 4) is 0 Å². The number of hydrogen-bond acceptors (Lipinski definition) is 11. The molecule has 6 amide bonds. The first-order valence-electron chi connectivity index (χ1n) is 20.5. The average Bonchev–Trinajstić information content (AvgIpc) is 3.75. The number of likely N-dealkylation sites (tertiary alicyclic amines) is 1. The Morgan fingerprint density at radius 2 is 1.54 bits per heavy atom. The van der Waals surface area contributed by atoms with Gasteiger partial charge >= 0.3 is 18.0 Å². The van der Waals surface area contributed by atoms with Gasteiger partial charge in [0.05, 0.1) is 32.8 Å². The highest BCUT2D eigenvalue weighted by atomic mass is 16.5. The number of unbranched alkanes of at least 4 members (excludes halogenated alkanes) is 1. The summed E-state index contributed by atoms with van der Waals surface area (Å²) in [4.78, 5) is 98.2. The lowest BCUT2D eigenvalue weighted by Gasteiger charge is -2.31. The standard InChI is InChI=1S/C44H58N8O9/c1-28(2)39(42(57)52-24-12-17-36(52)43(58)61-5)51-41(56)35(26-38(54)60-4)49-40(55)34(16-9-10-22-45-27-32-14-8-11-23-46-32)48-37(53)25-30-18-20-31(21-19-30)47-44(59)50-33-15-7-6-13-29(33)3/h6-8,11,13-15,18-21,23,28,34-36,39,45H,9-10,12,16-17,22,24-27H2,1-5H3,(H,48,53)(H,49,55)(H,51,56)(H2,47,50,59)/t34-,35-,36-,39-/m0/s1. The van der Waals surface area contributed by atoms with Gasteiger partial charge in [0.2, 0.25) is 23.6 Å². The number of benzene rings is 2. The third-order valence-corrected chi connectivity index (χ3v) is 10.2. The smallest absolute Gasteiger partial charge is 0.328 e. The van der Waals surface area contributed by atoms with E-state index in [0.29, 0.717) is 62.3 Å². The molecule has 1 aliphatic heterocycles. The van der Waals surface area contributed by atoms with Gasteiger partial charge in [-0.2, -0.15) is 0 Å². The summed E-state index contributed by atoms with van der Waals surface area (Å²) in [5.74, 6) is -4.26. The molecule has 17 heteroatoms. The number of rotatable bonds is 21. The van der Waals surface area contributed by atoms with Crippen molar-refractivity contribution in [1.29, 1.82) is 0 Å². The number of methoxy groups -OCH3 is 2. The van der Waals surface area contributed by atoms with E-state index in [2.05, 4.69) is 36.9 Å². The van der Waals surface area contributed by atoms with Gasteiger partial charge in [-0.1, -0.05) is 50.2 Å². The molecule has 0 spiro atoms. The van der Waals surface area contributed by atoms with Gasteiger partial charge in [-0.15, -0.1) is 0 Å². The normalized spacial score (nSPS) is 14.9. The molecule has 2 heterocycles. The number of urea groups is 1. The van der Waals surface area contributed by atoms with Crippen LogP contribution in [0.1, 0.15) is 69.2 Å². The second-order valence-corrected chi connectivity index (χ2v) is 15.2. The summed E-state index contributed by atoms with van der Waals surface area (Å²) in [6.07, 6.45) is 3.41. The molecule has 2 aromatic carbocycles. The van der Waals surface area contributed by atoms with Crippen molar-refractivity contribution in [3.05, 3.63) is 89.7 Å². The van der Waals surface area contributed by atoms with E-state index < -0.39 is 78.1 Å². The number of pyridine rings is 1. The number of nitrogens with zero attached hydrogens (tertiary/aromatic N) is 2. The highest BCUT2D eigenvalue weighted by Gasteiger charge is 2.40. The summed E-state index contributed by atoms with van der Waals surface area (Å²) in [5.41, 5.74) is 3.57. The fraction of sp³-hybridized carbons (Fsp3) is 0.455. The lowest BCUT2D eigenvalue weighted by Crippen LogP contribution is -2.59. The van der Waals surface area contributed by atoms with Crippen LogP contribution in [0.25, 0.3) is 0 Å². The van der Waals surface area contributed by atoms with Crippen LogP contribution in [0.3, 0.4) is 0 Å². The third-order valence-electron chi connectivity index (χ3n) is 10.2. The topological polar surface area (TPSA) is 226 Å². The molecule has 3 aromatic rings. The zero-order chi connectivity index (χ0) is 44.3. The van der Waals surface area contributed by atoms with Gasteiger partial charge < -0.3 is 46.3 Å². The molecule has 4 atom stereocenters. The molecule has 1 saturated heterocycles. The number of para-hydroxylation sites is 1. The van der Waals surface area contributed by atoms with Crippen molar-refractivity contribution in [1.82, 2.24) is 31.2 Å². The molecule has 17 nitrogen and oxygen atoms in total. The lowest BCUT2D eigenvalue weighted by molar-refractivity contribution is -0.152. The summed E-state index contributed by atoms with van der Waals surface area (Å²) >= 11 is 0. The Morgan fingerprint density at radius 1 is 0.820 bits per heavy atom. The van der Waals surface area contributed by atoms with Crippen LogP contribution in [0.5, 0.6) is 0 Å². The Balaban J connectivity index is 1.43. The molecule has 61 heavy (non-hydrogen) atoms. The van der Waals surface area contributed by atoms with Gasteiger partial charge in [0.25, 0.3) is 0 Å². The molecule has 4 rings (SSSR count). The highest BCUT2D eigenvalue weighted by Crippen LogP contribution is 2.22. The molecule has 0 unspecified atom stereocenters. The number of carbonyl (C=O) groups excluding carboxylic acids is 7. The Hall–Kier alpha value is -6.36. The van der Waals surface area contributed by atoms with Crippen molar-refractivity contribution in [2.75, 3.05) is 37.9 Å². The fourth-order valence-corrected chi connectivity index (χ4v) is 6.81. The molecule has 0 bridgehead atoms. The van der Waals surface area contributed by atoms with Gasteiger partial charge in [0.1, 0.15) is 24.2 Å². The van der Waals surface area contributed by atoms with Crippen LogP contribution in [0.2, 0.25) is 0 Å². The van der Waals surface area contributed by atoms with Crippen LogP contribution in [-0.2, 0) is 51.2 Å². The SMILES string of the molecule is COC(=O)C[C@H](NC(=O)[C@H](CCCCNCc1ccccn1)NC(=O)Cc1ccc(NC(=O)Nc2ccccc2C)cc1)C(=O)N[C@H](C(=O)N1CCC[C@H]1C(=O)OC)C(C)C. The predicted octanol–water partition coefficient (Wildman–Crippen LogP) is 3.37. The number of hydrogen-bond donors (Lipinski definition) is 6. The summed E-state index contributed by atoms with van der Waals surface area (Å²) in [5, 5.41) is 17.0. The van der Waals surface area contributed by atoms with Gasteiger partial charge in [-0.25, -0.2) is 9.59 Å². The minimum absolute atomic E-state index is 0.0988. The average molecular weight is 843 g/mol. The Morgan fingerprint density at radius 3 is 2.21 bits per heavy atom. The Labute approximate surface area is 356 Å². The fourth-order valence-electron chi connectivity index (χ4n) is 6.81. The number of aryl methyl sites for hydroxylation is 1. The second kappa shape index (κ2) is 24.0. The maximum atomic E-state index is 14.0. The summed E-state index contributed by atoms with van der Waals surface area (Å²) in [6.45, 7) is 6.80. The molecule has 1 aliphatic rings. The van der Waals surface area contributed by atoms with E-state index in [1.54, 1.807) is 50.4 Å². The van der Waals surface area contributed by atoms with E-state index in [1.807, 2.05) is 43.3 Å². The molecule has 0 aliphatic carbocycles. The zero-order valence-corrected chi connectivity index (χ0v) is 35.5. The van der Waals surface area contributed by atoms with Crippen LogP contribution < -0.4 is 31.9 Å². The van der Waals surface area contributed by atoms with Gasteiger partial charge in [-0.3, -0.25) is 29.0 Å². The molecule has 1 aromatic heterocycles. The minimum Gasteiger partial charge on any atom is -0.469 e. The van der Waals surface area contributed by atoms with E-state index in [0.717, 1.165) is 18.4 Å². The third kappa shape index (κ3) is 15.0. The molecular formula is C44H58N8O9. The summed E-state index contributed by atoms with van der Waals surface area (Å²) in [7, 11) is 2.39. The van der Waals surface area contributed by atoms with Crippen molar-refractivity contribution in [2.45, 2.75) is 96.4 Å². The molecule has 1 fully saturated rings. The number of esters is 2. The molecule has 328 valence electrons. The van der Waals surface area contributed by atoms with Crippen LogP contribution in [0.15, 0.2) is 72.9 Å². The van der Waals surface area contributed by atoms with Crippen LogP contribution >= 0.6 is 0 Å². The quantitative estimate of drug-likeness (QED) is 0.0674. The highest BCUT2D eigenvalue weighted by molar-refractivity contribution is 6.00. The van der Waals surface area contributed by atoms with Crippen LogP contribution in [-0.4, -0.2) is 103 Å². The molecular weight excluding hydrogens is 785 g/mol. The molecule has 0 radical (unpaired) electrons. The predicted molar refractivity (Wildman–Crippen MR) is 228 cm³/mol. The second-order valence-electron chi connectivity index (χ2n) is 15.2. The maximum absolute atomic E-state index is 14.0. The van der Waals surface area contributed by atoms with Gasteiger partial charge in [0, 0.05) is 30.7 Å². The number of nitrogens with one attached hydrogen (secondary N) is 6. The number of aromatic nitrogens is 1. The first-order chi connectivity index (χ1) is 29.3. The molecule has 0 saturated carbocycles. The first-order valence-corrected chi connectivity index (χ1v) is 20.5. The van der Waals surface area contributed by atoms with Crippen molar-refractivity contribution in [3.63, 3.8) is 0 Å². The van der Waals surface area contributed by atoms with Gasteiger partial charge in [-0.05, 0) is 92.9 Å². The summed E-state index contributed by atoms with van der Waals surface area (Å²) < 4.78 is 9.72. The van der Waals surface area contributed by atoms with Crippen molar-refractivity contribution < 1.29 is 43.0 Å². The van der Waals surface area contributed by atoms with Crippen molar-refractivity contribution >= 4 is 53.0 Å². The van der Waals surface area contributed by atoms with Crippen molar-refractivity contribution in [2.24, 2.45) is 5.92 Å². The van der Waals surface area contributed by atoms with E-state index >= 15 is 0 Å². The number of ether oxygens (including phenoxy) is 2. The van der Waals surface area contributed by atoms with E-state index in [-0.39, 0.29) is 12.8 Å². The van der Waals surface area contributed by atoms with Crippen LogP contribution in [0.4, 0.5) is 16.2 Å². The van der Waals surface area contributed by atoms with E-state index in [4.69, 9.17) is 9.47 Å². The Bertz CT molecular complexity index is 1960. The maximum Gasteiger partial charge on any atom is 0.328 e. The number of anilines is 2. The number of carbonyl (C=O) groups is 7. The molecule has 6 N–H and O–H groups in total. The van der Waals surface area contributed by atoms with Gasteiger partial charge in [0.15, 0.2) is 0 Å². The number of amides is 6. The summed E-state index contributed by atoms with van der Waals surface area (Å²) in [6, 6.07) is 14.8. The zero-order valence-electron chi connectivity index (χ0n) is 35.5.